The van der Waals surface area contributed by atoms with Crippen LogP contribution in [0, 0.1) is 0 Å². The molecule has 1 unspecified atom stereocenters. The van der Waals surface area contributed by atoms with Gasteiger partial charge in [0.15, 0.2) is 0 Å². The topological polar surface area (TPSA) is 49.7 Å². The van der Waals surface area contributed by atoms with Crippen molar-refractivity contribution in [2.24, 2.45) is 0 Å². The molecule has 2 N–H and O–H groups in total. The van der Waals surface area contributed by atoms with E-state index in [1.165, 1.54) is 0 Å². The Hall–Kier alpha value is -0.630. The van der Waals surface area contributed by atoms with Crippen molar-refractivity contribution in [2.45, 2.75) is 26.2 Å². The van der Waals surface area contributed by atoms with Crippen LogP contribution >= 0.6 is 8.60 Å². The van der Waals surface area contributed by atoms with Crippen LogP contribution in [0.3, 0.4) is 0 Å². The summed E-state index contributed by atoms with van der Waals surface area (Å²) in [5, 5.41) is 0. The summed E-state index contributed by atoms with van der Waals surface area (Å²) in [4.78, 5) is 17.6. The van der Waals surface area contributed by atoms with Gasteiger partial charge in [-0.1, -0.05) is 32.0 Å². The van der Waals surface area contributed by atoms with E-state index in [9.17, 15) is 0 Å². The van der Waals surface area contributed by atoms with Gasteiger partial charge in [0.25, 0.3) is 0 Å². The highest BCUT2D eigenvalue weighted by Gasteiger charge is 2.12. The highest BCUT2D eigenvalue weighted by molar-refractivity contribution is 7.39. The largest absolute Gasteiger partial charge is 0.427 e. The highest BCUT2D eigenvalue weighted by atomic mass is 31.2. The van der Waals surface area contributed by atoms with Gasteiger partial charge in [-0.2, -0.15) is 0 Å². The van der Waals surface area contributed by atoms with Crippen LogP contribution in [-0.4, -0.2) is 9.79 Å². The second kappa shape index (κ2) is 5.30. The molecule has 14 heavy (non-hydrogen) atoms. The van der Waals surface area contributed by atoms with Crippen LogP contribution in [0.25, 0.3) is 0 Å². The molecule has 4 heteroatoms. The Morgan fingerprint density at radius 2 is 2.00 bits per heavy atom. The molecule has 0 bridgehead atoms. The summed E-state index contributed by atoms with van der Waals surface area (Å²) in [6, 6.07) is 7.44. The Bertz CT molecular complexity index is 288. The van der Waals surface area contributed by atoms with Gasteiger partial charge in [-0.3, -0.25) is 0 Å². The van der Waals surface area contributed by atoms with E-state index in [4.69, 9.17) is 14.3 Å². The smallest absolute Gasteiger partial charge is 0.391 e. The summed E-state index contributed by atoms with van der Waals surface area (Å²) in [6.45, 7) is 4.17. The standard InChI is InChI=1S/C10H15O3P/c1-3-8(2)9-6-4-5-7-10(9)13-14(11)12/h4-8,11-12H,3H2,1-2H3. The maximum Gasteiger partial charge on any atom is 0.391 e. The molecule has 1 atom stereocenters. The van der Waals surface area contributed by atoms with Gasteiger partial charge in [0.1, 0.15) is 5.75 Å². The third-order valence-corrected chi connectivity index (χ3v) is 2.60. The summed E-state index contributed by atoms with van der Waals surface area (Å²) in [6.07, 6.45) is 0.995. The molecule has 0 saturated carbocycles. The molecule has 0 fully saturated rings. The Morgan fingerprint density at radius 1 is 1.36 bits per heavy atom. The zero-order valence-corrected chi connectivity index (χ0v) is 9.24. The van der Waals surface area contributed by atoms with Gasteiger partial charge in [0.05, 0.1) is 0 Å². The molecule has 1 aromatic carbocycles. The second-order valence-corrected chi connectivity index (χ2v) is 3.88. The highest BCUT2D eigenvalue weighted by Crippen LogP contribution is 2.35. The van der Waals surface area contributed by atoms with Gasteiger partial charge >= 0.3 is 8.60 Å². The molecule has 0 aliphatic heterocycles. The van der Waals surface area contributed by atoms with E-state index in [2.05, 4.69) is 13.8 Å². The van der Waals surface area contributed by atoms with Crippen molar-refractivity contribution < 1.29 is 14.3 Å². The van der Waals surface area contributed by atoms with Gasteiger partial charge in [0, 0.05) is 0 Å². The molecule has 0 saturated heterocycles. The molecule has 0 spiro atoms. The molecule has 0 aromatic heterocycles. The van der Waals surface area contributed by atoms with E-state index >= 15 is 0 Å². The first-order valence-electron chi connectivity index (χ1n) is 4.60. The lowest BCUT2D eigenvalue weighted by molar-refractivity contribution is 0.372. The molecule has 0 aliphatic carbocycles. The zero-order valence-electron chi connectivity index (χ0n) is 8.34. The minimum atomic E-state index is -2.32. The van der Waals surface area contributed by atoms with Crippen molar-refractivity contribution in [3.8, 4) is 5.75 Å². The maximum absolute atomic E-state index is 8.78. The molecule has 0 amide bonds. The predicted molar refractivity (Wildman–Crippen MR) is 57.1 cm³/mol. The van der Waals surface area contributed by atoms with Crippen LogP contribution in [0.1, 0.15) is 31.7 Å². The van der Waals surface area contributed by atoms with Gasteiger partial charge in [-0.05, 0) is 24.0 Å². The predicted octanol–water partition coefficient (Wildman–Crippen LogP) is 2.79. The number of hydrogen-bond donors (Lipinski definition) is 2. The van der Waals surface area contributed by atoms with E-state index in [1.807, 2.05) is 18.2 Å². The summed E-state index contributed by atoms with van der Waals surface area (Å²) in [7, 11) is -2.32. The zero-order chi connectivity index (χ0) is 10.6. The molecule has 1 aromatic rings. The van der Waals surface area contributed by atoms with Gasteiger partial charge in [-0.25, -0.2) is 0 Å². The summed E-state index contributed by atoms with van der Waals surface area (Å²) < 4.78 is 4.94. The fourth-order valence-electron chi connectivity index (χ4n) is 1.28. The van der Waals surface area contributed by atoms with Crippen molar-refractivity contribution in [3.05, 3.63) is 29.8 Å². The van der Waals surface area contributed by atoms with E-state index in [0.29, 0.717) is 11.7 Å². The molecule has 78 valence electrons. The first-order chi connectivity index (χ1) is 6.65. The number of rotatable bonds is 4. The fraction of sp³-hybridized carbons (Fsp3) is 0.400. The quantitative estimate of drug-likeness (QED) is 0.757. The number of benzene rings is 1. The monoisotopic (exact) mass is 214 g/mol. The summed E-state index contributed by atoms with van der Waals surface area (Å²) in [5.74, 6) is 0.930. The summed E-state index contributed by atoms with van der Waals surface area (Å²) in [5.41, 5.74) is 1.02. The van der Waals surface area contributed by atoms with E-state index < -0.39 is 8.60 Å². The first-order valence-corrected chi connectivity index (χ1v) is 5.76. The SMILES string of the molecule is CCC(C)c1ccccc1OP(O)O. The van der Waals surface area contributed by atoms with Crippen molar-refractivity contribution in [3.63, 3.8) is 0 Å². The molecular formula is C10H15O3P. The minimum absolute atomic E-state index is 0.362. The van der Waals surface area contributed by atoms with Crippen molar-refractivity contribution in [1.82, 2.24) is 0 Å². The molecule has 0 radical (unpaired) electrons. The van der Waals surface area contributed by atoms with Gasteiger partial charge in [-0.15, -0.1) is 0 Å². The lowest BCUT2D eigenvalue weighted by Crippen LogP contribution is -1.96. The molecule has 3 nitrogen and oxygen atoms in total. The maximum atomic E-state index is 8.78. The van der Waals surface area contributed by atoms with Gasteiger partial charge in [0.2, 0.25) is 0 Å². The molecular weight excluding hydrogens is 199 g/mol. The van der Waals surface area contributed by atoms with Crippen molar-refractivity contribution in [1.29, 1.82) is 0 Å². The Balaban J connectivity index is 2.91. The van der Waals surface area contributed by atoms with Crippen LogP contribution in [0.5, 0.6) is 5.75 Å². The van der Waals surface area contributed by atoms with Crippen LogP contribution in [0.15, 0.2) is 24.3 Å². The fourth-order valence-corrected chi connectivity index (χ4v) is 1.62. The Morgan fingerprint density at radius 3 is 2.57 bits per heavy atom. The van der Waals surface area contributed by atoms with Crippen molar-refractivity contribution in [2.75, 3.05) is 0 Å². The van der Waals surface area contributed by atoms with Crippen LogP contribution < -0.4 is 4.52 Å². The molecule has 0 aliphatic rings. The lowest BCUT2D eigenvalue weighted by Gasteiger charge is -2.15. The minimum Gasteiger partial charge on any atom is -0.427 e. The first kappa shape index (κ1) is 11.4. The average Bonchev–Trinajstić information content (AvgIpc) is 2.16. The Kier molecular flexibility index (Phi) is 4.33. The van der Waals surface area contributed by atoms with Crippen LogP contribution in [0.2, 0.25) is 0 Å². The third kappa shape index (κ3) is 2.95. The molecule has 0 heterocycles. The average molecular weight is 214 g/mol. The van der Waals surface area contributed by atoms with Gasteiger partial charge < -0.3 is 14.3 Å². The lowest BCUT2D eigenvalue weighted by atomic mass is 9.98. The van der Waals surface area contributed by atoms with Crippen LogP contribution in [0.4, 0.5) is 0 Å². The Labute approximate surface area is 85.4 Å². The van der Waals surface area contributed by atoms with Crippen LogP contribution in [-0.2, 0) is 0 Å². The normalized spacial score (nSPS) is 12.9. The third-order valence-electron chi connectivity index (χ3n) is 2.24. The number of hydrogen-bond acceptors (Lipinski definition) is 3. The molecule has 1 rings (SSSR count). The summed E-state index contributed by atoms with van der Waals surface area (Å²) >= 11 is 0. The van der Waals surface area contributed by atoms with Crippen molar-refractivity contribution >= 4 is 8.60 Å². The van der Waals surface area contributed by atoms with E-state index in [-0.39, 0.29) is 0 Å². The van der Waals surface area contributed by atoms with E-state index in [0.717, 1.165) is 12.0 Å². The number of para-hydroxylation sites is 1. The second-order valence-electron chi connectivity index (χ2n) is 3.19. The van der Waals surface area contributed by atoms with E-state index in [1.54, 1.807) is 6.07 Å².